The number of rotatable bonds is 0. The Hall–Kier alpha value is 1.16. The molecule has 0 radical (unpaired) electrons. The van der Waals surface area contributed by atoms with Crippen molar-refractivity contribution in [1.29, 1.82) is 0 Å². The van der Waals surface area contributed by atoms with E-state index in [4.69, 9.17) is 46.4 Å². The highest BCUT2D eigenvalue weighted by molar-refractivity contribution is 6.39. The van der Waals surface area contributed by atoms with Crippen LogP contribution in [0.5, 0.6) is 0 Å². The van der Waals surface area contributed by atoms with Crippen molar-refractivity contribution in [2.45, 2.75) is 27.9 Å². The maximum Gasteiger partial charge on any atom is 0.0678 e. The van der Waals surface area contributed by atoms with Gasteiger partial charge in [-0.3, -0.25) is 0 Å². The van der Waals surface area contributed by atoms with Crippen LogP contribution < -0.4 is 0 Å². The molecule has 1 aliphatic rings. The molecule has 0 spiro atoms. The number of alkyl halides is 4. The van der Waals surface area contributed by atoms with Crippen LogP contribution in [0.1, 0.15) is 6.42 Å². The summed E-state index contributed by atoms with van der Waals surface area (Å²) in [6, 6.07) is 0. The number of hydrogen-bond acceptors (Lipinski definition) is 0. The lowest BCUT2D eigenvalue weighted by atomic mass is 10.4. The summed E-state index contributed by atoms with van der Waals surface area (Å²) >= 11 is 23.0. The molecule has 0 heterocycles. The molecular formula is C5H6Cl4. The lowest BCUT2D eigenvalue weighted by Gasteiger charge is -2.07. The van der Waals surface area contributed by atoms with E-state index in [9.17, 15) is 0 Å². The molecular weight excluding hydrogens is 202 g/mol. The molecule has 0 aliphatic heterocycles. The van der Waals surface area contributed by atoms with Crippen LogP contribution in [0.4, 0.5) is 0 Å². The van der Waals surface area contributed by atoms with E-state index in [2.05, 4.69) is 0 Å². The monoisotopic (exact) mass is 206 g/mol. The van der Waals surface area contributed by atoms with Crippen molar-refractivity contribution in [2.24, 2.45) is 0 Å². The van der Waals surface area contributed by atoms with Gasteiger partial charge in [0.05, 0.1) is 21.5 Å². The molecule has 0 aromatic heterocycles. The summed E-state index contributed by atoms with van der Waals surface area (Å²) < 4.78 is 0. The molecule has 1 rings (SSSR count). The highest BCUT2D eigenvalue weighted by Gasteiger charge is 2.39. The first-order chi connectivity index (χ1) is 4.13. The van der Waals surface area contributed by atoms with Gasteiger partial charge in [0, 0.05) is 0 Å². The van der Waals surface area contributed by atoms with Crippen LogP contribution in [0.2, 0.25) is 0 Å². The second kappa shape index (κ2) is 3.04. The van der Waals surface area contributed by atoms with E-state index in [1.54, 1.807) is 0 Å². The fraction of sp³-hybridized carbons (Fsp3) is 1.00. The molecule has 0 N–H and O–H groups in total. The van der Waals surface area contributed by atoms with E-state index in [1.165, 1.54) is 0 Å². The van der Waals surface area contributed by atoms with E-state index in [0.29, 0.717) is 6.42 Å². The van der Waals surface area contributed by atoms with Crippen LogP contribution in [0.25, 0.3) is 0 Å². The van der Waals surface area contributed by atoms with Gasteiger partial charge in [-0.1, -0.05) is 0 Å². The topological polar surface area (TPSA) is 0 Å². The molecule has 4 heteroatoms. The second-order valence-electron chi connectivity index (χ2n) is 2.16. The normalized spacial score (nSPS) is 52.0. The fourth-order valence-corrected chi connectivity index (χ4v) is 2.37. The van der Waals surface area contributed by atoms with Crippen molar-refractivity contribution in [3.63, 3.8) is 0 Å². The minimum Gasteiger partial charge on any atom is -0.121 e. The summed E-state index contributed by atoms with van der Waals surface area (Å²) in [5.41, 5.74) is 0. The van der Waals surface area contributed by atoms with Crippen molar-refractivity contribution in [1.82, 2.24) is 0 Å². The Labute approximate surface area is 74.4 Å². The highest BCUT2D eigenvalue weighted by Crippen LogP contribution is 2.36. The Morgan fingerprint density at radius 2 is 1.11 bits per heavy atom. The Bertz CT molecular complexity index is 93.1. The third-order valence-electron chi connectivity index (χ3n) is 1.45. The predicted molar refractivity (Wildman–Crippen MR) is 43.2 cm³/mol. The third-order valence-corrected chi connectivity index (χ3v) is 3.88. The van der Waals surface area contributed by atoms with Gasteiger partial charge in [0.1, 0.15) is 0 Å². The SMILES string of the molecule is Cl[C@@H]1[C@H](Cl)[C@H](Cl)C[C@@H]1Cl. The quantitative estimate of drug-likeness (QED) is 0.537. The molecule has 0 bridgehead atoms. The van der Waals surface area contributed by atoms with E-state index in [0.717, 1.165) is 0 Å². The third kappa shape index (κ3) is 1.59. The molecule has 1 saturated carbocycles. The Morgan fingerprint density at radius 1 is 0.778 bits per heavy atom. The average Bonchev–Trinajstić information content (AvgIpc) is 1.98. The van der Waals surface area contributed by atoms with E-state index < -0.39 is 0 Å². The molecule has 0 amide bonds. The van der Waals surface area contributed by atoms with Crippen molar-refractivity contribution in [3.05, 3.63) is 0 Å². The van der Waals surface area contributed by atoms with Gasteiger partial charge in [-0.05, 0) is 6.42 Å². The lowest BCUT2D eigenvalue weighted by Crippen LogP contribution is -2.17. The Kier molecular flexibility index (Phi) is 2.79. The Morgan fingerprint density at radius 3 is 1.22 bits per heavy atom. The minimum atomic E-state index is -0.171. The minimum absolute atomic E-state index is 0.0586. The van der Waals surface area contributed by atoms with Crippen LogP contribution in [0.3, 0.4) is 0 Å². The number of halogens is 4. The summed E-state index contributed by atoms with van der Waals surface area (Å²) in [7, 11) is 0. The molecule has 4 atom stereocenters. The van der Waals surface area contributed by atoms with Crippen molar-refractivity contribution in [3.8, 4) is 0 Å². The van der Waals surface area contributed by atoms with E-state index in [1.807, 2.05) is 0 Å². The highest BCUT2D eigenvalue weighted by atomic mass is 35.5. The molecule has 9 heavy (non-hydrogen) atoms. The summed E-state index contributed by atoms with van der Waals surface area (Å²) in [6.45, 7) is 0. The van der Waals surface area contributed by atoms with E-state index in [-0.39, 0.29) is 21.5 Å². The summed E-state index contributed by atoms with van der Waals surface area (Å²) in [5.74, 6) is 0. The average molecular weight is 208 g/mol. The van der Waals surface area contributed by atoms with Gasteiger partial charge >= 0.3 is 0 Å². The smallest absolute Gasteiger partial charge is 0.0678 e. The largest absolute Gasteiger partial charge is 0.121 e. The van der Waals surface area contributed by atoms with Gasteiger partial charge in [-0.25, -0.2) is 0 Å². The first-order valence-electron chi connectivity index (χ1n) is 2.69. The van der Waals surface area contributed by atoms with Gasteiger partial charge in [0.15, 0.2) is 0 Å². The predicted octanol–water partition coefficient (Wildman–Crippen LogP) is 2.82. The lowest BCUT2D eigenvalue weighted by molar-refractivity contribution is 0.901. The first kappa shape index (κ1) is 8.26. The second-order valence-corrected chi connectivity index (χ2v) is 4.29. The van der Waals surface area contributed by atoms with Gasteiger partial charge in [-0.2, -0.15) is 0 Å². The first-order valence-corrected chi connectivity index (χ1v) is 4.44. The van der Waals surface area contributed by atoms with Crippen LogP contribution in [-0.2, 0) is 0 Å². The van der Waals surface area contributed by atoms with Gasteiger partial charge < -0.3 is 0 Å². The van der Waals surface area contributed by atoms with Gasteiger partial charge in [0.2, 0.25) is 0 Å². The maximum atomic E-state index is 5.76. The van der Waals surface area contributed by atoms with Crippen LogP contribution in [0, 0.1) is 0 Å². The van der Waals surface area contributed by atoms with Crippen molar-refractivity contribution in [2.75, 3.05) is 0 Å². The molecule has 54 valence electrons. The number of hydrogen-bond donors (Lipinski definition) is 0. The molecule has 0 nitrogen and oxygen atoms in total. The zero-order valence-electron chi connectivity index (χ0n) is 4.53. The van der Waals surface area contributed by atoms with Gasteiger partial charge in [0.25, 0.3) is 0 Å². The van der Waals surface area contributed by atoms with Crippen LogP contribution >= 0.6 is 46.4 Å². The summed E-state index contributed by atoms with van der Waals surface area (Å²) in [4.78, 5) is 0. The Balaban J connectivity index is 2.54. The molecule has 0 aromatic rings. The molecule has 0 unspecified atom stereocenters. The van der Waals surface area contributed by atoms with Crippen LogP contribution in [0.15, 0.2) is 0 Å². The van der Waals surface area contributed by atoms with Crippen molar-refractivity contribution >= 4 is 46.4 Å². The maximum absolute atomic E-state index is 5.76. The zero-order valence-corrected chi connectivity index (χ0v) is 7.55. The summed E-state index contributed by atoms with van der Waals surface area (Å²) in [5, 5.41) is -0.458. The molecule has 0 aromatic carbocycles. The van der Waals surface area contributed by atoms with Gasteiger partial charge in [-0.15, -0.1) is 46.4 Å². The summed E-state index contributed by atoms with van der Waals surface area (Å²) in [6.07, 6.45) is 0.714. The van der Waals surface area contributed by atoms with Crippen molar-refractivity contribution < 1.29 is 0 Å². The zero-order chi connectivity index (χ0) is 7.02. The molecule has 1 aliphatic carbocycles. The molecule has 1 fully saturated rings. The molecule has 0 saturated heterocycles. The van der Waals surface area contributed by atoms with Crippen LogP contribution in [-0.4, -0.2) is 21.5 Å². The fourth-order valence-electron chi connectivity index (χ4n) is 0.874. The standard InChI is InChI=1S/C5H6Cl4/c6-2-1-3(7)5(9)4(2)8/h2-5H,1H2/t2-,3+,4-,5+. The van der Waals surface area contributed by atoms with E-state index >= 15 is 0 Å².